The summed E-state index contributed by atoms with van der Waals surface area (Å²) in [5.41, 5.74) is 11.7. The van der Waals surface area contributed by atoms with Crippen molar-refractivity contribution in [2.24, 2.45) is 0 Å². The Bertz CT molecular complexity index is 6000. The van der Waals surface area contributed by atoms with E-state index in [-0.39, 0.29) is 61.6 Å². The van der Waals surface area contributed by atoms with E-state index in [0.717, 1.165) is 112 Å². The van der Waals surface area contributed by atoms with Gasteiger partial charge < -0.3 is 107 Å². The Morgan fingerprint density at radius 2 is 0.619 bits per heavy atom. The SMILES string of the molecule is C.CC(C)(C)OC(=O)N1CCC2(CC1)OC(C(=O)N1CCOc3cc(C(=O)NO)ccc3C1)c1ccccc12.CC(C)(C)OC(=O)N1CCC2(CC1)OC(C(=O)O)c1ccccc12.COC(=O)c1ccc2c(c1)OCCN(C(=O)C1OC3(CCN(C(=O)OC(C)(C)C)CC3)c3ccccc31)C2.COC(=O)c1ccc2c(c1)OCCNC2.O=C(NO)c1ccc2c(c1)OCCN(C(=O)C1OC3(CCNCC3)c3ccccc31)C2. The summed E-state index contributed by atoms with van der Waals surface area (Å²) < 4.78 is 74.7. The van der Waals surface area contributed by atoms with Gasteiger partial charge in [-0.15, -0.1) is 0 Å². The molecule has 784 valence electrons. The van der Waals surface area contributed by atoms with E-state index in [1.54, 1.807) is 107 Å². The first-order valence-electron chi connectivity index (χ1n) is 49.5. The number of hydroxylamine groups is 2. The molecular weight excluding hydrogens is 1890 g/mol. The summed E-state index contributed by atoms with van der Waals surface area (Å²) in [6.45, 7) is 26.5. The summed E-state index contributed by atoms with van der Waals surface area (Å²) in [7, 11) is 2.71. The first kappa shape index (κ1) is 107. The fourth-order valence-corrected chi connectivity index (χ4v) is 20.6. The molecule has 147 heavy (non-hydrogen) atoms. The highest BCUT2D eigenvalue weighted by molar-refractivity contribution is 5.95. The topological polar surface area (TPSA) is 436 Å². The lowest BCUT2D eigenvalue weighted by Gasteiger charge is -2.40. The van der Waals surface area contributed by atoms with Crippen molar-refractivity contribution in [1.29, 1.82) is 0 Å². The van der Waals surface area contributed by atoms with Crippen LogP contribution in [0.4, 0.5) is 14.4 Å². The normalized spacial score (nSPS) is 20.1. The monoisotopic (exact) mass is 2020 g/mol. The number of nitrogens with one attached hydrogen (secondary N) is 4. The zero-order chi connectivity index (χ0) is 104. The minimum atomic E-state index is -0.978. The Hall–Kier alpha value is -13.8. The first-order chi connectivity index (χ1) is 69.8. The van der Waals surface area contributed by atoms with Gasteiger partial charge in [0.25, 0.3) is 29.5 Å². The summed E-state index contributed by atoms with van der Waals surface area (Å²) in [4.78, 5) is 147. The number of rotatable bonds is 8. The van der Waals surface area contributed by atoms with Crippen LogP contribution in [0, 0.1) is 0 Å². The third-order valence-corrected chi connectivity index (χ3v) is 27.9. The number of nitrogens with zero attached hydrogens (tertiary/aromatic N) is 6. The molecule has 0 aliphatic carbocycles. The third kappa shape index (κ3) is 24.1. The minimum Gasteiger partial charge on any atom is -0.492 e. The van der Waals surface area contributed by atoms with E-state index in [1.807, 2.05) is 159 Å². The molecule has 7 N–H and O–H groups in total. The van der Waals surface area contributed by atoms with Crippen LogP contribution < -0.4 is 40.5 Å². The number of hydrogen-bond acceptors (Lipinski definition) is 28. The standard InChI is InChI=1S/C29H34N2O7.C28H33N3O7.C23H25N3O5.C18H23NO5.C11H13NO3.CH4/c1-28(2,3)38-27(34)30-13-11-29(12-14-30)22-8-6-5-7-21(22)24(37-29)25(32)31-15-16-36-23-17-19(26(33)35-4)9-10-20(23)18-31;1-27(2,3)38-26(34)30-12-10-28(11-13-30)21-7-5-4-6-20(21)23(37-28)25(33)31-14-15-36-22-16-18(24(32)29-35)8-9-19(22)17-31;27-21(25-29)15-5-6-16-14-26(11-12-30-19(16)13-15)22(28)20-17-3-1-2-4-18(17)23(31-20)7-9-24-10-8-23;1-17(2,3)24-16(22)19-10-8-18(9-11-19)13-7-5-4-6-12(13)14(23-18)15(20)21;1-14-11(13)8-2-3-9-7-12-4-5-15-10(9)6-8;/h5-10,17,24H,11-16,18H2,1-4H3;4-9,16,23,35H,10-15,17H2,1-3H3,(H,29,32);1-6,13,20,24,29H,7-12,14H2,(H,25,27);4-7,14H,8-11H2,1-3H3,(H,20,21);2-3,6,12H,4-5,7H2,1H3;1H4. The molecule has 37 nitrogen and oxygen atoms in total. The van der Waals surface area contributed by atoms with Gasteiger partial charge in [-0.3, -0.25) is 34.4 Å². The molecule has 4 atom stereocenters. The van der Waals surface area contributed by atoms with Crippen molar-refractivity contribution in [3.8, 4) is 23.0 Å². The summed E-state index contributed by atoms with van der Waals surface area (Å²) in [5, 5.41) is 33.8. The Balaban J connectivity index is 0.000000141. The number of benzene rings is 8. The fourth-order valence-electron chi connectivity index (χ4n) is 20.6. The van der Waals surface area contributed by atoms with E-state index >= 15 is 0 Å². The second-order valence-corrected chi connectivity index (χ2v) is 40.8. The van der Waals surface area contributed by atoms with Gasteiger partial charge in [-0.1, -0.05) is 129 Å². The quantitative estimate of drug-likeness (QED) is 0.0321. The van der Waals surface area contributed by atoms with Crippen LogP contribution in [0.15, 0.2) is 170 Å². The predicted molar refractivity (Wildman–Crippen MR) is 532 cm³/mol. The van der Waals surface area contributed by atoms with Gasteiger partial charge in [-0.05, 0) is 220 Å². The Kier molecular flexibility index (Phi) is 33.1. The van der Waals surface area contributed by atoms with Crippen LogP contribution in [0.2, 0.25) is 0 Å². The van der Waals surface area contributed by atoms with E-state index in [0.29, 0.717) is 171 Å². The van der Waals surface area contributed by atoms with Crippen molar-refractivity contribution in [2.45, 2.75) is 211 Å². The number of amides is 8. The van der Waals surface area contributed by atoms with E-state index in [4.69, 9.17) is 67.3 Å². The zero-order valence-electron chi connectivity index (χ0n) is 84.1. The van der Waals surface area contributed by atoms with Crippen molar-refractivity contribution in [3.63, 3.8) is 0 Å². The molecule has 12 aliphatic rings. The van der Waals surface area contributed by atoms with Crippen LogP contribution in [0.1, 0.15) is 254 Å². The molecule has 4 fully saturated rings. The van der Waals surface area contributed by atoms with Crippen LogP contribution in [0.25, 0.3) is 0 Å². The molecule has 12 heterocycles. The van der Waals surface area contributed by atoms with Gasteiger partial charge in [0.1, 0.15) is 66.2 Å². The number of carboxylic acid groups (broad SMARTS) is 1. The van der Waals surface area contributed by atoms with Crippen molar-refractivity contribution in [1.82, 2.24) is 51.0 Å². The third-order valence-electron chi connectivity index (χ3n) is 27.9. The van der Waals surface area contributed by atoms with Gasteiger partial charge in [-0.25, -0.2) is 39.7 Å². The lowest BCUT2D eigenvalue weighted by molar-refractivity contribution is -0.166. The number of esters is 2. The van der Waals surface area contributed by atoms with E-state index < -0.39 is 87.4 Å². The molecule has 20 rings (SSSR count). The van der Waals surface area contributed by atoms with Gasteiger partial charge in [-0.2, -0.15) is 0 Å². The molecule has 12 aliphatic heterocycles. The molecule has 0 radical (unpaired) electrons. The van der Waals surface area contributed by atoms with E-state index in [9.17, 15) is 57.8 Å². The molecular formula is C110H132N10O27. The molecule has 0 saturated carbocycles. The number of carbonyl (C=O) groups is 11. The molecule has 8 aromatic rings. The molecule has 4 unspecified atom stereocenters. The number of ether oxygens (including phenoxy) is 13. The van der Waals surface area contributed by atoms with Gasteiger partial charge in [0.05, 0.1) is 67.4 Å². The van der Waals surface area contributed by atoms with Gasteiger partial charge in [0, 0.05) is 105 Å². The smallest absolute Gasteiger partial charge is 0.410 e. The summed E-state index contributed by atoms with van der Waals surface area (Å²) >= 11 is 0. The zero-order valence-corrected chi connectivity index (χ0v) is 84.1. The summed E-state index contributed by atoms with van der Waals surface area (Å²) in [5.74, 6) is -0.963. The molecule has 8 amide bonds. The van der Waals surface area contributed by atoms with E-state index in [1.165, 1.54) is 14.2 Å². The van der Waals surface area contributed by atoms with Crippen molar-refractivity contribution in [2.75, 3.05) is 119 Å². The largest absolute Gasteiger partial charge is 0.492 e. The molecule has 4 saturated heterocycles. The number of carbonyl (C=O) groups excluding carboxylic acids is 10. The Morgan fingerprint density at radius 1 is 0.340 bits per heavy atom. The first-order valence-corrected chi connectivity index (χ1v) is 49.5. The van der Waals surface area contributed by atoms with Crippen LogP contribution in [0.3, 0.4) is 0 Å². The maximum absolute atomic E-state index is 13.9. The summed E-state index contributed by atoms with van der Waals surface area (Å²) in [6, 6.07) is 51.5. The van der Waals surface area contributed by atoms with Crippen LogP contribution in [-0.2, 0) is 110 Å². The maximum atomic E-state index is 13.9. The number of aliphatic carboxylic acids is 1. The maximum Gasteiger partial charge on any atom is 0.410 e. The van der Waals surface area contributed by atoms with Crippen LogP contribution in [0.5, 0.6) is 23.0 Å². The van der Waals surface area contributed by atoms with E-state index in [2.05, 4.69) is 21.4 Å². The van der Waals surface area contributed by atoms with Crippen LogP contribution in [-0.4, -0.2) is 247 Å². The number of carboxylic acids is 1. The minimum absolute atomic E-state index is 0. The highest BCUT2D eigenvalue weighted by Gasteiger charge is 2.55. The number of hydrogen-bond donors (Lipinski definition) is 7. The molecule has 37 heteroatoms. The molecule has 8 aromatic carbocycles. The average molecular weight is 2030 g/mol. The Morgan fingerprint density at radius 3 is 0.932 bits per heavy atom. The molecule has 0 bridgehead atoms. The molecule has 4 spiro atoms. The van der Waals surface area contributed by atoms with Crippen molar-refractivity contribution in [3.05, 3.63) is 259 Å². The fraction of sp³-hybridized carbons (Fsp3) is 0.464. The second-order valence-electron chi connectivity index (χ2n) is 40.8. The Labute approximate surface area is 854 Å². The predicted octanol–water partition coefficient (Wildman–Crippen LogP) is 14.3. The van der Waals surface area contributed by atoms with Gasteiger partial charge in [0.15, 0.2) is 24.4 Å². The lowest BCUT2D eigenvalue weighted by atomic mass is 9.83. The lowest BCUT2D eigenvalue weighted by Crippen LogP contribution is -2.47. The van der Waals surface area contributed by atoms with Crippen LogP contribution >= 0.6 is 0 Å². The second kappa shape index (κ2) is 45.3. The highest BCUT2D eigenvalue weighted by atomic mass is 16.6. The highest BCUT2D eigenvalue weighted by Crippen LogP contribution is 2.55. The number of methoxy groups -OCH3 is 2. The van der Waals surface area contributed by atoms with Crippen molar-refractivity contribution < 1.29 is 130 Å². The number of piperidine rings is 4. The number of fused-ring (bicyclic) bond motifs is 12. The molecule has 0 aromatic heterocycles. The van der Waals surface area contributed by atoms with Crippen molar-refractivity contribution >= 4 is 65.7 Å². The van der Waals surface area contributed by atoms with Gasteiger partial charge in [0.2, 0.25) is 0 Å². The number of likely N-dealkylation sites (tertiary alicyclic amines) is 3. The summed E-state index contributed by atoms with van der Waals surface area (Å²) in [6.07, 6.45) is 1.02. The average Bonchev–Trinajstić information content (AvgIpc) is 1.61. The van der Waals surface area contributed by atoms with Gasteiger partial charge >= 0.3 is 36.2 Å².